The second-order valence-corrected chi connectivity index (χ2v) is 4.09. The molecule has 88 valence electrons. The number of aliphatic carboxylic acids is 1. The predicted octanol–water partition coefficient (Wildman–Crippen LogP) is -0.119. The van der Waals surface area contributed by atoms with Gasteiger partial charge in [0.2, 0.25) is 0 Å². The lowest BCUT2D eigenvalue weighted by atomic mass is 10.2. The van der Waals surface area contributed by atoms with Crippen molar-refractivity contribution in [3.8, 4) is 0 Å². The fourth-order valence-corrected chi connectivity index (χ4v) is 1.59. The van der Waals surface area contributed by atoms with Crippen molar-refractivity contribution >= 4 is 23.6 Å². The van der Waals surface area contributed by atoms with E-state index in [1.165, 1.54) is 24.1 Å². The minimum Gasteiger partial charge on any atom is -0.548 e. The monoisotopic (exact) mass is 242 g/mol. The molecule has 0 aliphatic heterocycles. The van der Waals surface area contributed by atoms with Gasteiger partial charge in [0.05, 0.1) is 18.3 Å². The van der Waals surface area contributed by atoms with Gasteiger partial charge in [-0.3, -0.25) is 4.79 Å². The van der Waals surface area contributed by atoms with E-state index in [2.05, 4.69) is 5.32 Å². The average molecular weight is 242 g/mol. The van der Waals surface area contributed by atoms with Gasteiger partial charge in [-0.05, 0) is 30.6 Å². The lowest BCUT2D eigenvalue weighted by molar-refractivity contribution is -0.308. The number of nitrogens with one attached hydrogen (secondary N) is 1. The Bertz CT molecular complexity index is 350. The summed E-state index contributed by atoms with van der Waals surface area (Å²) in [7, 11) is 0. The second kappa shape index (κ2) is 6.22. The summed E-state index contributed by atoms with van der Waals surface area (Å²) in [5.74, 6) is -1.10. The molecule has 1 rings (SSSR count). The molecule has 1 heterocycles. The molecule has 0 aromatic carbocycles. The molecule has 0 unspecified atom stereocenters. The summed E-state index contributed by atoms with van der Waals surface area (Å²) < 4.78 is 4.85. The highest BCUT2D eigenvalue weighted by Crippen LogP contribution is 2.03. The molecular formula is C10H12NO4S-. The molecule has 16 heavy (non-hydrogen) atoms. The third kappa shape index (κ3) is 3.62. The number of hydrogen-bond acceptors (Lipinski definition) is 5. The Morgan fingerprint density at radius 1 is 1.62 bits per heavy atom. The van der Waals surface area contributed by atoms with Crippen LogP contribution >= 0.6 is 11.8 Å². The van der Waals surface area contributed by atoms with Crippen LogP contribution < -0.4 is 10.4 Å². The molecule has 1 N–H and O–H groups in total. The van der Waals surface area contributed by atoms with Crippen LogP contribution in [0.3, 0.4) is 0 Å². The molecule has 0 bridgehead atoms. The highest BCUT2D eigenvalue weighted by Gasteiger charge is 2.15. The summed E-state index contributed by atoms with van der Waals surface area (Å²) in [6.07, 6.45) is 3.54. The molecular weight excluding hydrogens is 230 g/mol. The van der Waals surface area contributed by atoms with Gasteiger partial charge in [-0.25, -0.2) is 0 Å². The van der Waals surface area contributed by atoms with Gasteiger partial charge >= 0.3 is 0 Å². The van der Waals surface area contributed by atoms with Crippen molar-refractivity contribution in [2.24, 2.45) is 0 Å². The van der Waals surface area contributed by atoms with E-state index in [0.29, 0.717) is 12.2 Å². The highest BCUT2D eigenvalue weighted by molar-refractivity contribution is 7.98. The Hall–Kier alpha value is -1.43. The molecule has 0 aliphatic carbocycles. The maximum absolute atomic E-state index is 11.5. The average Bonchev–Trinajstić information content (AvgIpc) is 2.76. The SMILES string of the molecule is CSCC[C@@H](NC(=O)c1ccco1)C(=O)[O-]. The van der Waals surface area contributed by atoms with Crippen molar-refractivity contribution in [3.05, 3.63) is 24.2 Å². The van der Waals surface area contributed by atoms with Crippen molar-refractivity contribution < 1.29 is 19.1 Å². The number of carbonyl (C=O) groups is 2. The van der Waals surface area contributed by atoms with Crippen LogP contribution in [0.4, 0.5) is 0 Å². The van der Waals surface area contributed by atoms with Crippen LogP contribution in [-0.2, 0) is 4.79 Å². The Morgan fingerprint density at radius 3 is 2.88 bits per heavy atom. The molecule has 0 radical (unpaired) electrons. The molecule has 0 spiro atoms. The van der Waals surface area contributed by atoms with Gasteiger partial charge in [-0.1, -0.05) is 0 Å². The number of hydrogen-bond donors (Lipinski definition) is 1. The summed E-state index contributed by atoms with van der Waals surface area (Å²) in [6.45, 7) is 0. The van der Waals surface area contributed by atoms with Crippen molar-refractivity contribution in [1.29, 1.82) is 0 Å². The van der Waals surface area contributed by atoms with E-state index in [1.807, 2.05) is 6.26 Å². The summed E-state index contributed by atoms with van der Waals surface area (Å²) in [4.78, 5) is 22.2. The zero-order valence-corrected chi connectivity index (χ0v) is 9.58. The van der Waals surface area contributed by atoms with Gasteiger partial charge in [0.1, 0.15) is 0 Å². The first kappa shape index (κ1) is 12.6. The minimum atomic E-state index is -1.28. The highest BCUT2D eigenvalue weighted by atomic mass is 32.2. The number of amides is 1. The maximum Gasteiger partial charge on any atom is 0.287 e. The Balaban J connectivity index is 2.54. The van der Waals surface area contributed by atoms with Crippen molar-refractivity contribution in [1.82, 2.24) is 5.32 Å². The lowest BCUT2D eigenvalue weighted by Crippen LogP contribution is -2.48. The van der Waals surface area contributed by atoms with Crippen LogP contribution in [0.2, 0.25) is 0 Å². The first-order chi connectivity index (χ1) is 7.65. The van der Waals surface area contributed by atoms with Crippen LogP contribution in [0.1, 0.15) is 17.0 Å². The van der Waals surface area contributed by atoms with E-state index >= 15 is 0 Å². The van der Waals surface area contributed by atoms with Crippen LogP contribution in [0.25, 0.3) is 0 Å². The maximum atomic E-state index is 11.5. The molecule has 0 fully saturated rings. The fourth-order valence-electron chi connectivity index (χ4n) is 1.12. The standard InChI is InChI=1S/C10H13NO4S/c1-16-6-4-7(10(13)14)11-9(12)8-3-2-5-15-8/h2-3,5,7H,4,6H2,1H3,(H,11,12)(H,13,14)/p-1/t7-/m1/s1. The molecule has 0 saturated heterocycles. The zero-order valence-electron chi connectivity index (χ0n) is 8.76. The van der Waals surface area contributed by atoms with E-state index in [9.17, 15) is 14.7 Å². The molecule has 0 aliphatic rings. The van der Waals surface area contributed by atoms with Crippen LogP contribution in [-0.4, -0.2) is 29.9 Å². The van der Waals surface area contributed by atoms with Gasteiger partial charge in [-0.2, -0.15) is 11.8 Å². The number of rotatable bonds is 6. The normalized spacial score (nSPS) is 12.1. The molecule has 0 saturated carbocycles. The van der Waals surface area contributed by atoms with Gasteiger partial charge < -0.3 is 19.6 Å². The van der Waals surface area contributed by atoms with E-state index < -0.39 is 17.9 Å². The smallest absolute Gasteiger partial charge is 0.287 e. The van der Waals surface area contributed by atoms with E-state index in [4.69, 9.17) is 4.42 Å². The van der Waals surface area contributed by atoms with Crippen LogP contribution in [0.15, 0.2) is 22.8 Å². The molecule has 5 nitrogen and oxygen atoms in total. The summed E-state index contributed by atoms with van der Waals surface area (Å²) in [5, 5.41) is 13.1. The molecule has 1 atom stereocenters. The Kier molecular flexibility index (Phi) is 4.91. The van der Waals surface area contributed by atoms with Crippen LogP contribution in [0, 0.1) is 0 Å². The van der Waals surface area contributed by atoms with Crippen LogP contribution in [0.5, 0.6) is 0 Å². The topological polar surface area (TPSA) is 82.4 Å². The number of carbonyl (C=O) groups excluding carboxylic acids is 2. The third-order valence-electron chi connectivity index (χ3n) is 1.95. The van der Waals surface area contributed by atoms with Crippen molar-refractivity contribution in [2.75, 3.05) is 12.0 Å². The number of carboxylic acids is 1. The molecule has 1 aromatic rings. The fraction of sp³-hybridized carbons (Fsp3) is 0.400. The first-order valence-electron chi connectivity index (χ1n) is 4.69. The van der Waals surface area contributed by atoms with Gasteiger partial charge in [0.25, 0.3) is 5.91 Å². The number of thioether (sulfide) groups is 1. The van der Waals surface area contributed by atoms with Gasteiger partial charge in [-0.15, -0.1) is 0 Å². The number of carboxylic acid groups (broad SMARTS) is 1. The number of furan rings is 1. The Labute approximate surface area is 97.2 Å². The van der Waals surface area contributed by atoms with E-state index in [1.54, 1.807) is 6.07 Å². The Morgan fingerprint density at radius 2 is 2.38 bits per heavy atom. The largest absolute Gasteiger partial charge is 0.548 e. The third-order valence-corrected chi connectivity index (χ3v) is 2.59. The van der Waals surface area contributed by atoms with Crippen molar-refractivity contribution in [3.63, 3.8) is 0 Å². The summed E-state index contributed by atoms with van der Waals surface area (Å²) >= 11 is 1.51. The minimum absolute atomic E-state index is 0.0930. The van der Waals surface area contributed by atoms with E-state index in [-0.39, 0.29) is 5.76 Å². The summed E-state index contributed by atoms with van der Waals surface area (Å²) in [5.41, 5.74) is 0. The molecule has 1 aromatic heterocycles. The predicted molar refractivity (Wildman–Crippen MR) is 58.0 cm³/mol. The molecule has 1 amide bonds. The molecule has 6 heteroatoms. The van der Waals surface area contributed by atoms with Gasteiger partial charge in [0.15, 0.2) is 5.76 Å². The van der Waals surface area contributed by atoms with Crippen molar-refractivity contribution in [2.45, 2.75) is 12.5 Å². The zero-order chi connectivity index (χ0) is 12.0. The quantitative estimate of drug-likeness (QED) is 0.752. The lowest BCUT2D eigenvalue weighted by Gasteiger charge is -2.18. The summed E-state index contributed by atoms with van der Waals surface area (Å²) in [6, 6.07) is 2.05. The van der Waals surface area contributed by atoms with E-state index in [0.717, 1.165) is 0 Å². The van der Waals surface area contributed by atoms with Gasteiger partial charge in [0, 0.05) is 0 Å². The second-order valence-electron chi connectivity index (χ2n) is 3.10. The first-order valence-corrected chi connectivity index (χ1v) is 6.08.